The molecule has 1 amide bonds. The Morgan fingerprint density at radius 2 is 1.56 bits per heavy atom. The lowest BCUT2D eigenvalue weighted by Gasteiger charge is -2.09. The standard InChI is InChI=1S/C20H17BrN2O2/c1-25-19-11-5-14(6-12-19)20(24)23-17-9-7-16(8-10-17)22-18-4-2-3-15(21)13-18/h2-13,22H,1H3,(H,23,24). The molecule has 0 fully saturated rings. The number of carbonyl (C=O) groups excluding carboxylic acids is 1. The number of carbonyl (C=O) groups is 1. The van der Waals surface area contributed by atoms with Crippen molar-refractivity contribution >= 4 is 38.9 Å². The van der Waals surface area contributed by atoms with Crippen molar-refractivity contribution in [2.45, 2.75) is 0 Å². The van der Waals surface area contributed by atoms with E-state index in [-0.39, 0.29) is 5.91 Å². The maximum absolute atomic E-state index is 12.3. The zero-order valence-electron chi connectivity index (χ0n) is 13.6. The number of amides is 1. The van der Waals surface area contributed by atoms with Gasteiger partial charge in [-0.05, 0) is 66.7 Å². The van der Waals surface area contributed by atoms with Crippen LogP contribution in [0.5, 0.6) is 5.75 Å². The van der Waals surface area contributed by atoms with E-state index in [0.29, 0.717) is 5.56 Å². The Balaban J connectivity index is 1.64. The summed E-state index contributed by atoms with van der Waals surface area (Å²) in [6, 6.07) is 22.5. The minimum atomic E-state index is -0.157. The van der Waals surface area contributed by atoms with Crippen LogP contribution in [0.2, 0.25) is 0 Å². The molecule has 0 aliphatic heterocycles. The second kappa shape index (κ2) is 7.85. The molecule has 0 heterocycles. The first-order valence-electron chi connectivity index (χ1n) is 7.72. The summed E-state index contributed by atoms with van der Waals surface area (Å²) in [5.74, 6) is 0.565. The van der Waals surface area contributed by atoms with Gasteiger partial charge in [-0.1, -0.05) is 22.0 Å². The summed E-state index contributed by atoms with van der Waals surface area (Å²) >= 11 is 3.45. The van der Waals surface area contributed by atoms with Crippen molar-refractivity contribution in [3.8, 4) is 5.75 Å². The molecule has 0 bridgehead atoms. The van der Waals surface area contributed by atoms with Gasteiger partial charge in [-0.15, -0.1) is 0 Å². The molecule has 0 aliphatic carbocycles. The third-order valence-electron chi connectivity index (χ3n) is 3.61. The van der Waals surface area contributed by atoms with E-state index in [0.717, 1.165) is 27.3 Å². The van der Waals surface area contributed by atoms with E-state index in [1.165, 1.54) is 0 Å². The quantitative estimate of drug-likeness (QED) is 0.602. The number of halogens is 1. The number of rotatable bonds is 5. The Kier molecular flexibility index (Phi) is 5.36. The first-order valence-corrected chi connectivity index (χ1v) is 8.51. The van der Waals surface area contributed by atoms with Crippen molar-refractivity contribution in [2.75, 3.05) is 17.7 Å². The Hall–Kier alpha value is -2.79. The van der Waals surface area contributed by atoms with Gasteiger partial charge in [0.05, 0.1) is 7.11 Å². The Morgan fingerprint density at radius 1 is 0.880 bits per heavy atom. The summed E-state index contributed by atoms with van der Waals surface area (Å²) in [6.45, 7) is 0. The van der Waals surface area contributed by atoms with Crippen LogP contribution in [0.1, 0.15) is 10.4 Å². The molecule has 25 heavy (non-hydrogen) atoms. The van der Waals surface area contributed by atoms with E-state index in [9.17, 15) is 4.79 Å². The van der Waals surface area contributed by atoms with Crippen molar-refractivity contribution in [2.24, 2.45) is 0 Å². The summed E-state index contributed by atoms with van der Waals surface area (Å²) in [5, 5.41) is 6.19. The second-order valence-electron chi connectivity index (χ2n) is 5.40. The van der Waals surface area contributed by atoms with E-state index >= 15 is 0 Å². The second-order valence-corrected chi connectivity index (χ2v) is 6.31. The van der Waals surface area contributed by atoms with Crippen LogP contribution in [0.15, 0.2) is 77.3 Å². The highest BCUT2D eigenvalue weighted by atomic mass is 79.9. The smallest absolute Gasteiger partial charge is 0.255 e. The van der Waals surface area contributed by atoms with Gasteiger partial charge < -0.3 is 15.4 Å². The summed E-state index contributed by atoms with van der Waals surface area (Å²) < 4.78 is 6.11. The van der Waals surface area contributed by atoms with E-state index in [1.807, 2.05) is 48.5 Å². The van der Waals surface area contributed by atoms with Gasteiger partial charge in [-0.2, -0.15) is 0 Å². The molecule has 0 radical (unpaired) electrons. The van der Waals surface area contributed by atoms with Crippen LogP contribution in [0, 0.1) is 0 Å². The third-order valence-corrected chi connectivity index (χ3v) is 4.10. The fraction of sp³-hybridized carbons (Fsp3) is 0.0500. The number of methoxy groups -OCH3 is 1. The Morgan fingerprint density at radius 3 is 2.20 bits per heavy atom. The summed E-state index contributed by atoms with van der Waals surface area (Å²) in [7, 11) is 1.60. The molecular formula is C20H17BrN2O2. The molecule has 0 aliphatic rings. The van der Waals surface area contributed by atoms with E-state index in [4.69, 9.17) is 4.74 Å². The lowest BCUT2D eigenvalue weighted by atomic mass is 10.2. The normalized spacial score (nSPS) is 10.2. The molecule has 5 heteroatoms. The first-order chi connectivity index (χ1) is 12.1. The number of hydrogen-bond donors (Lipinski definition) is 2. The van der Waals surface area contributed by atoms with Crippen LogP contribution >= 0.6 is 15.9 Å². The van der Waals surface area contributed by atoms with Crippen LogP contribution in [-0.2, 0) is 0 Å². The van der Waals surface area contributed by atoms with Crippen LogP contribution < -0.4 is 15.4 Å². The highest BCUT2D eigenvalue weighted by molar-refractivity contribution is 9.10. The third kappa shape index (κ3) is 4.61. The molecule has 0 unspecified atom stereocenters. The van der Waals surface area contributed by atoms with Gasteiger partial charge in [0.1, 0.15) is 5.75 Å². The van der Waals surface area contributed by atoms with Crippen LogP contribution in [0.4, 0.5) is 17.1 Å². The maximum Gasteiger partial charge on any atom is 0.255 e. The summed E-state index contributed by atoms with van der Waals surface area (Å²) in [5.41, 5.74) is 3.25. The van der Waals surface area contributed by atoms with Crippen LogP contribution in [-0.4, -0.2) is 13.0 Å². The average molecular weight is 397 g/mol. The molecule has 0 saturated heterocycles. The van der Waals surface area contributed by atoms with Gasteiger partial charge in [0.25, 0.3) is 5.91 Å². The molecule has 3 aromatic carbocycles. The fourth-order valence-corrected chi connectivity index (χ4v) is 2.71. The van der Waals surface area contributed by atoms with E-state index in [2.05, 4.69) is 26.6 Å². The zero-order valence-corrected chi connectivity index (χ0v) is 15.2. The van der Waals surface area contributed by atoms with Crippen molar-refractivity contribution < 1.29 is 9.53 Å². The molecule has 126 valence electrons. The lowest BCUT2D eigenvalue weighted by Crippen LogP contribution is -2.11. The minimum Gasteiger partial charge on any atom is -0.497 e. The number of benzene rings is 3. The van der Waals surface area contributed by atoms with Gasteiger partial charge in [0.15, 0.2) is 0 Å². The fourth-order valence-electron chi connectivity index (χ4n) is 2.32. The highest BCUT2D eigenvalue weighted by Gasteiger charge is 2.06. The van der Waals surface area contributed by atoms with Gasteiger partial charge >= 0.3 is 0 Å². The van der Waals surface area contributed by atoms with Gasteiger partial charge in [-0.3, -0.25) is 4.79 Å². The van der Waals surface area contributed by atoms with Gasteiger partial charge in [0.2, 0.25) is 0 Å². The Bertz CT molecular complexity index is 862. The number of nitrogens with one attached hydrogen (secondary N) is 2. The zero-order chi connectivity index (χ0) is 17.6. The molecule has 2 N–H and O–H groups in total. The minimum absolute atomic E-state index is 0.157. The molecule has 3 aromatic rings. The van der Waals surface area contributed by atoms with Crippen molar-refractivity contribution in [1.82, 2.24) is 0 Å². The Labute approximate surface area is 155 Å². The van der Waals surface area contributed by atoms with Crippen molar-refractivity contribution in [3.63, 3.8) is 0 Å². The van der Waals surface area contributed by atoms with Crippen LogP contribution in [0.3, 0.4) is 0 Å². The monoisotopic (exact) mass is 396 g/mol. The predicted molar refractivity (Wildman–Crippen MR) is 105 cm³/mol. The largest absolute Gasteiger partial charge is 0.497 e. The van der Waals surface area contributed by atoms with Gasteiger partial charge in [-0.25, -0.2) is 0 Å². The molecule has 0 spiro atoms. The highest BCUT2D eigenvalue weighted by Crippen LogP contribution is 2.22. The number of ether oxygens (including phenoxy) is 1. The van der Waals surface area contributed by atoms with Crippen LogP contribution in [0.25, 0.3) is 0 Å². The molecule has 0 atom stereocenters. The first kappa shape index (κ1) is 17.0. The van der Waals surface area contributed by atoms with Gasteiger partial charge in [0, 0.05) is 27.1 Å². The average Bonchev–Trinajstić information content (AvgIpc) is 2.63. The topological polar surface area (TPSA) is 50.4 Å². The maximum atomic E-state index is 12.3. The SMILES string of the molecule is COc1ccc(C(=O)Nc2ccc(Nc3cccc(Br)c3)cc2)cc1. The molecule has 0 saturated carbocycles. The number of hydrogen-bond acceptors (Lipinski definition) is 3. The number of anilines is 3. The summed E-state index contributed by atoms with van der Waals surface area (Å²) in [4.78, 5) is 12.3. The molecule has 4 nitrogen and oxygen atoms in total. The lowest BCUT2D eigenvalue weighted by molar-refractivity contribution is 0.102. The molecule has 0 aromatic heterocycles. The van der Waals surface area contributed by atoms with Crippen molar-refractivity contribution in [3.05, 3.63) is 82.8 Å². The van der Waals surface area contributed by atoms with Crippen molar-refractivity contribution in [1.29, 1.82) is 0 Å². The van der Waals surface area contributed by atoms with E-state index < -0.39 is 0 Å². The molecule has 3 rings (SSSR count). The summed E-state index contributed by atoms with van der Waals surface area (Å²) in [6.07, 6.45) is 0. The van der Waals surface area contributed by atoms with E-state index in [1.54, 1.807) is 31.4 Å². The predicted octanol–water partition coefficient (Wildman–Crippen LogP) is 5.45. The molecular weight excluding hydrogens is 380 g/mol.